The Hall–Kier alpha value is -0.870. The molecule has 0 aliphatic carbocycles. The Morgan fingerprint density at radius 1 is 1.54 bits per heavy atom. The van der Waals surface area contributed by atoms with Gasteiger partial charge in [-0.1, -0.05) is 6.08 Å². The molecular formula is C9H14O4. The molecule has 0 aromatic carbocycles. The molecule has 2 atom stereocenters. The summed E-state index contributed by atoms with van der Waals surface area (Å²) in [5.41, 5.74) is 0. The highest BCUT2D eigenvalue weighted by Gasteiger charge is 2.44. The van der Waals surface area contributed by atoms with Gasteiger partial charge in [0, 0.05) is 0 Å². The van der Waals surface area contributed by atoms with Crippen molar-refractivity contribution in [2.24, 2.45) is 0 Å². The lowest BCUT2D eigenvalue weighted by atomic mass is 10.2. The summed E-state index contributed by atoms with van der Waals surface area (Å²) in [4.78, 5) is 11.2. The minimum atomic E-state index is -0.752. The maximum atomic E-state index is 11.2. The van der Waals surface area contributed by atoms with Crippen LogP contribution in [0.4, 0.5) is 0 Å². The molecule has 0 N–H and O–H groups in total. The largest absolute Gasteiger partial charge is 0.467 e. The molecule has 1 saturated heterocycles. The highest BCUT2D eigenvalue weighted by atomic mass is 16.8. The van der Waals surface area contributed by atoms with E-state index in [4.69, 9.17) is 9.47 Å². The van der Waals surface area contributed by atoms with Crippen LogP contribution < -0.4 is 0 Å². The smallest absolute Gasteiger partial charge is 0.338 e. The first kappa shape index (κ1) is 10.2. The Morgan fingerprint density at radius 2 is 2.15 bits per heavy atom. The van der Waals surface area contributed by atoms with Gasteiger partial charge < -0.3 is 14.2 Å². The lowest BCUT2D eigenvalue weighted by Gasteiger charge is -2.15. The van der Waals surface area contributed by atoms with E-state index in [0.717, 1.165) is 0 Å². The summed E-state index contributed by atoms with van der Waals surface area (Å²) in [6.07, 6.45) is 0.413. The van der Waals surface area contributed by atoms with E-state index in [1.54, 1.807) is 13.8 Å². The Morgan fingerprint density at radius 3 is 2.62 bits per heavy atom. The minimum absolute atomic E-state index is 0.428. The predicted octanol–water partition coefficient (Wildman–Crippen LogP) is 0.865. The zero-order valence-electron chi connectivity index (χ0n) is 8.07. The molecule has 1 fully saturated rings. The third kappa shape index (κ3) is 2.08. The lowest BCUT2D eigenvalue weighted by Crippen LogP contribution is -2.31. The summed E-state index contributed by atoms with van der Waals surface area (Å²) in [5.74, 6) is -1.19. The van der Waals surface area contributed by atoms with Gasteiger partial charge >= 0.3 is 5.97 Å². The Labute approximate surface area is 77.5 Å². The van der Waals surface area contributed by atoms with Gasteiger partial charge in [0.2, 0.25) is 0 Å². The van der Waals surface area contributed by atoms with E-state index < -0.39 is 24.0 Å². The molecular weight excluding hydrogens is 172 g/mol. The van der Waals surface area contributed by atoms with Gasteiger partial charge in [0.1, 0.15) is 6.10 Å². The standard InChI is InChI=1S/C9H14O4/c1-5-6-7(8(10)11-4)13-9(2,3)12-6/h5-7H,1H2,2-4H3/t6-,7-/m1/s1. The van der Waals surface area contributed by atoms with Crippen molar-refractivity contribution in [2.75, 3.05) is 7.11 Å². The van der Waals surface area contributed by atoms with Crippen molar-refractivity contribution in [3.63, 3.8) is 0 Å². The Kier molecular flexibility index (Phi) is 2.73. The first-order chi connectivity index (χ1) is 6.00. The van der Waals surface area contributed by atoms with Crippen LogP contribution >= 0.6 is 0 Å². The fraction of sp³-hybridized carbons (Fsp3) is 0.667. The van der Waals surface area contributed by atoms with Gasteiger partial charge in [-0.05, 0) is 13.8 Å². The third-order valence-electron chi connectivity index (χ3n) is 1.79. The van der Waals surface area contributed by atoms with Gasteiger partial charge in [0.25, 0.3) is 0 Å². The summed E-state index contributed by atoms with van der Waals surface area (Å²) in [5, 5.41) is 0. The molecule has 1 aliphatic rings. The Bertz CT molecular complexity index is 222. The van der Waals surface area contributed by atoms with Crippen molar-refractivity contribution >= 4 is 5.97 Å². The number of carbonyl (C=O) groups excluding carboxylic acids is 1. The van der Waals surface area contributed by atoms with E-state index >= 15 is 0 Å². The molecule has 1 rings (SSSR count). The number of carbonyl (C=O) groups is 1. The molecule has 0 bridgehead atoms. The molecule has 13 heavy (non-hydrogen) atoms. The normalized spacial score (nSPS) is 31.3. The Balaban J connectivity index is 2.74. The zero-order valence-corrected chi connectivity index (χ0v) is 8.07. The fourth-order valence-corrected chi connectivity index (χ4v) is 1.26. The van der Waals surface area contributed by atoms with Crippen LogP contribution in [0.25, 0.3) is 0 Å². The van der Waals surface area contributed by atoms with Crippen molar-refractivity contribution in [3.8, 4) is 0 Å². The number of hydrogen-bond acceptors (Lipinski definition) is 4. The van der Waals surface area contributed by atoms with Crippen LogP contribution in [0.3, 0.4) is 0 Å². The highest BCUT2D eigenvalue weighted by Crippen LogP contribution is 2.29. The molecule has 1 aliphatic heterocycles. The topological polar surface area (TPSA) is 44.8 Å². The van der Waals surface area contributed by atoms with E-state index in [-0.39, 0.29) is 0 Å². The third-order valence-corrected chi connectivity index (χ3v) is 1.79. The van der Waals surface area contributed by atoms with E-state index in [1.807, 2.05) is 0 Å². The number of rotatable bonds is 2. The maximum absolute atomic E-state index is 11.2. The van der Waals surface area contributed by atoms with Crippen LogP contribution in [0, 0.1) is 0 Å². The summed E-state index contributed by atoms with van der Waals surface area (Å²) in [7, 11) is 1.32. The zero-order chi connectivity index (χ0) is 10.1. The minimum Gasteiger partial charge on any atom is -0.467 e. The van der Waals surface area contributed by atoms with Crippen LogP contribution in [0.1, 0.15) is 13.8 Å². The second-order valence-corrected chi connectivity index (χ2v) is 3.28. The van der Waals surface area contributed by atoms with Crippen LogP contribution in [-0.4, -0.2) is 31.1 Å². The van der Waals surface area contributed by atoms with Crippen molar-refractivity contribution in [1.82, 2.24) is 0 Å². The van der Waals surface area contributed by atoms with Gasteiger partial charge in [-0.2, -0.15) is 0 Å². The molecule has 0 spiro atoms. The second-order valence-electron chi connectivity index (χ2n) is 3.28. The van der Waals surface area contributed by atoms with Crippen molar-refractivity contribution < 1.29 is 19.0 Å². The lowest BCUT2D eigenvalue weighted by molar-refractivity contribution is -0.167. The van der Waals surface area contributed by atoms with Gasteiger partial charge in [0.15, 0.2) is 11.9 Å². The quantitative estimate of drug-likeness (QED) is 0.474. The number of hydrogen-bond donors (Lipinski definition) is 0. The monoisotopic (exact) mass is 186 g/mol. The second kappa shape index (κ2) is 3.47. The van der Waals surface area contributed by atoms with Crippen molar-refractivity contribution in [3.05, 3.63) is 12.7 Å². The van der Waals surface area contributed by atoms with Crippen LogP contribution in [0.2, 0.25) is 0 Å². The van der Waals surface area contributed by atoms with Gasteiger partial charge in [0.05, 0.1) is 7.11 Å². The highest BCUT2D eigenvalue weighted by molar-refractivity contribution is 5.76. The average Bonchev–Trinajstić information content (AvgIpc) is 2.39. The molecule has 74 valence electrons. The molecule has 0 unspecified atom stereocenters. The van der Waals surface area contributed by atoms with Gasteiger partial charge in [-0.3, -0.25) is 0 Å². The predicted molar refractivity (Wildman–Crippen MR) is 46.0 cm³/mol. The van der Waals surface area contributed by atoms with Crippen LogP contribution in [0.5, 0.6) is 0 Å². The number of ether oxygens (including phenoxy) is 3. The van der Waals surface area contributed by atoms with Crippen molar-refractivity contribution in [1.29, 1.82) is 0 Å². The molecule has 0 aromatic rings. The SMILES string of the molecule is C=C[C@H]1OC(C)(C)O[C@H]1C(=O)OC. The number of esters is 1. The summed E-state index contributed by atoms with van der Waals surface area (Å²) in [6.45, 7) is 7.05. The van der Waals surface area contributed by atoms with E-state index in [2.05, 4.69) is 11.3 Å². The summed E-state index contributed by atoms with van der Waals surface area (Å²) >= 11 is 0. The summed E-state index contributed by atoms with van der Waals surface area (Å²) in [6, 6.07) is 0. The van der Waals surface area contributed by atoms with Gasteiger partial charge in [-0.15, -0.1) is 6.58 Å². The van der Waals surface area contributed by atoms with Crippen molar-refractivity contribution in [2.45, 2.75) is 31.8 Å². The molecule has 4 heteroatoms. The molecule has 0 amide bonds. The molecule has 0 aromatic heterocycles. The van der Waals surface area contributed by atoms with E-state index in [1.165, 1.54) is 13.2 Å². The maximum Gasteiger partial charge on any atom is 0.338 e. The molecule has 4 nitrogen and oxygen atoms in total. The summed E-state index contributed by atoms with van der Waals surface area (Å²) < 4.78 is 15.3. The van der Waals surface area contributed by atoms with E-state index in [9.17, 15) is 4.79 Å². The van der Waals surface area contributed by atoms with Gasteiger partial charge in [-0.25, -0.2) is 4.79 Å². The molecule has 0 radical (unpaired) electrons. The van der Waals surface area contributed by atoms with E-state index in [0.29, 0.717) is 0 Å². The molecule has 1 heterocycles. The van der Waals surface area contributed by atoms with Crippen LogP contribution in [0.15, 0.2) is 12.7 Å². The first-order valence-electron chi connectivity index (χ1n) is 4.06. The first-order valence-corrected chi connectivity index (χ1v) is 4.06. The fourth-order valence-electron chi connectivity index (χ4n) is 1.26. The van der Waals surface area contributed by atoms with Crippen LogP contribution in [-0.2, 0) is 19.0 Å². The number of methoxy groups -OCH3 is 1. The molecule has 0 saturated carbocycles. The average molecular weight is 186 g/mol.